The van der Waals surface area contributed by atoms with Crippen LogP contribution in [-0.2, 0) is 6.42 Å². The molecule has 0 aliphatic carbocycles. The summed E-state index contributed by atoms with van der Waals surface area (Å²) in [6.07, 6.45) is 0.299. The maximum atomic E-state index is 13.1. The first kappa shape index (κ1) is 10.6. The lowest BCUT2D eigenvalue weighted by Crippen LogP contribution is -2.18. The largest absolute Gasteiger partial charge is 0.328 e. The average molecular weight is 198 g/mol. The van der Waals surface area contributed by atoms with E-state index in [-0.39, 0.29) is 17.3 Å². The van der Waals surface area contributed by atoms with Crippen LogP contribution in [0, 0.1) is 15.9 Å². The number of nitro groups is 1. The summed E-state index contributed by atoms with van der Waals surface area (Å²) in [6.45, 7) is 1.72. The molecule has 0 fully saturated rings. The molecule has 0 radical (unpaired) electrons. The molecule has 0 amide bonds. The lowest BCUT2D eigenvalue weighted by atomic mass is 10.1. The Kier molecular flexibility index (Phi) is 3.14. The standard InChI is InChI=1S/C9H11FN2O2/c1-6(11)4-7-5-8(12(13)14)2-3-9(7)10/h2-3,5-6H,4,11H2,1H3. The smallest absolute Gasteiger partial charge is 0.269 e. The Balaban J connectivity index is 3.02. The molecule has 14 heavy (non-hydrogen) atoms. The number of nitro benzene ring substituents is 1. The van der Waals surface area contributed by atoms with Crippen LogP contribution < -0.4 is 5.73 Å². The molecule has 2 N–H and O–H groups in total. The van der Waals surface area contributed by atoms with Gasteiger partial charge in [0.2, 0.25) is 0 Å². The molecule has 0 saturated heterocycles. The van der Waals surface area contributed by atoms with Gasteiger partial charge in [0.05, 0.1) is 4.92 Å². The number of hydrogen-bond donors (Lipinski definition) is 1. The van der Waals surface area contributed by atoms with Crippen LogP contribution in [0.2, 0.25) is 0 Å². The van der Waals surface area contributed by atoms with E-state index in [4.69, 9.17) is 5.73 Å². The monoisotopic (exact) mass is 198 g/mol. The van der Waals surface area contributed by atoms with Crippen LogP contribution in [0.25, 0.3) is 0 Å². The summed E-state index contributed by atoms with van der Waals surface area (Å²) in [5, 5.41) is 10.4. The van der Waals surface area contributed by atoms with E-state index in [1.807, 2.05) is 0 Å². The van der Waals surface area contributed by atoms with E-state index in [1.54, 1.807) is 6.92 Å². The highest BCUT2D eigenvalue weighted by molar-refractivity contribution is 5.35. The zero-order chi connectivity index (χ0) is 10.7. The molecule has 0 heterocycles. The van der Waals surface area contributed by atoms with E-state index in [9.17, 15) is 14.5 Å². The van der Waals surface area contributed by atoms with Crippen LogP contribution in [0.1, 0.15) is 12.5 Å². The van der Waals surface area contributed by atoms with Crippen molar-refractivity contribution < 1.29 is 9.31 Å². The maximum Gasteiger partial charge on any atom is 0.269 e. The first-order valence-corrected chi connectivity index (χ1v) is 4.19. The van der Waals surface area contributed by atoms with E-state index in [1.165, 1.54) is 6.07 Å². The van der Waals surface area contributed by atoms with Crippen LogP contribution in [0.3, 0.4) is 0 Å². The van der Waals surface area contributed by atoms with E-state index < -0.39 is 10.7 Å². The van der Waals surface area contributed by atoms with Gasteiger partial charge in [0.25, 0.3) is 5.69 Å². The van der Waals surface area contributed by atoms with Gasteiger partial charge in [0.15, 0.2) is 0 Å². The third-order valence-electron chi connectivity index (χ3n) is 1.78. The highest BCUT2D eigenvalue weighted by Gasteiger charge is 2.11. The SMILES string of the molecule is CC(N)Cc1cc([N+](=O)[O-])ccc1F. The Labute approximate surface area is 80.7 Å². The molecule has 1 rings (SSSR count). The highest BCUT2D eigenvalue weighted by atomic mass is 19.1. The third kappa shape index (κ3) is 2.50. The number of halogens is 1. The molecule has 1 atom stereocenters. The molecule has 0 aliphatic rings. The summed E-state index contributed by atoms with van der Waals surface area (Å²) in [7, 11) is 0. The predicted molar refractivity (Wildman–Crippen MR) is 50.4 cm³/mol. The fourth-order valence-corrected chi connectivity index (χ4v) is 1.18. The lowest BCUT2D eigenvalue weighted by molar-refractivity contribution is -0.385. The predicted octanol–water partition coefficient (Wildman–Crippen LogP) is 1.62. The lowest BCUT2D eigenvalue weighted by Gasteiger charge is -2.05. The molecule has 0 spiro atoms. The summed E-state index contributed by atoms with van der Waals surface area (Å²) in [6, 6.07) is 3.24. The fraction of sp³-hybridized carbons (Fsp3) is 0.333. The molecule has 0 bridgehead atoms. The minimum atomic E-state index is -0.551. The molecule has 0 aliphatic heterocycles. The van der Waals surface area contributed by atoms with Gasteiger partial charge >= 0.3 is 0 Å². The summed E-state index contributed by atoms with van der Waals surface area (Å²) < 4.78 is 13.1. The van der Waals surface area contributed by atoms with Gasteiger partial charge in [-0.25, -0.2) is 4.39 Å². The van der Waals surface area contributed by atoms with Crippen molar-refractivity contribution in [3.05, 3.63) is 39.7 Å². The van der Waals surface area contributed by atoms with Gasteiger partial charge < -0.3 is 5.73 Å². The number of nitrogens with zero attached hydrogens (tertiary/aromatic N) is 1. The van der Waals surface area contributed by atoms with Crippen molar-refractivity contribution >= 4 is 5.69 Å². The number of non-ortho nitro benzene ring substituents is 1. The Morgan fingerprint density at radius 1 is 1.64 bits per heavy atom. The van der Waals surface area contributed by atoms with Crippen LogP contribution in [0.4, 0.5) is 10.1 Å². The van der Waals surface area contributed by atoms with Crippen molar-refractivity contribution in [2.45, 2.75) is 19.4 Å². The summed E-state index contributed by atoms with van der Waals surface area (Å²) in [4.78, 5) is 9.85. The van der Waals surface area contributed by atoms with Crippen LogP contribution >= 0.6 is 0 Å². The number of hydrogen-bond acceptors (Lipinski definition) is 3. The van der Waals surface area contributed by atoms with Gasteiger partial charge in [-0.2, -0.15) is 0 Å². The van der Waals surface area contributed by atoms with E-state index in [0.29, 0.717) is 6.42 Å². The second kappa shape index (κ2) is 4.15. The molecule has 1 unspecified atom stereocenters. The minimum absolute atomic E-state index is 0.109. The first-order valence-electron chi connectivity index (χ1n) is 4.19. The number of nitrogens with two attached hydrogens (primary N) is 1. The van der Waals surface area contributed by atoms with Crippen molar-refractivity contribution in [3.8, 4) is 0 Å². The Morgan fingerprint density at radius 2 is 2.29 bits per heavy atom. The van der Waals surface area contributed by atoms with Gasteiger partial charge in [-0.15, -0.1) is 0 Å². The number of rotatable bonds is 3. The van der Waals surface area contributed by atoms with E-state index >= 15 is 0 Å². The van der Waals surface area contributed by atoms with Crippen molar-refractivity contribution in [3.63, 3.8) is 0 Å². The zero-order valence-corrected chi connectivity index (χ0v) is 7.74. The molecule has 5 heteroatoms. The van der Waals surface area contributed by atoms with Crippen LogP contribution in [-0.4, -0.2) is 11.0 Å². The Bertz CT molecular complexity index is 353. The summed E-state index contributed by atoms with van der Waals surface area (Å²) >= 11 is 0. The Morgan fingerprint density at radius 3 is 2.79 bits per heavy atom. The molecule has 1 aromatic carbocycles. The number of benzene rings is 1. The summed E-state index contributed by atoms with van der Waals surface area (Å²) in [5.41, 5.74) is 5.66. The minimum Gasteiger partial charge on any atom is -0.328 e. The van der Waals surface area contributed by atoms with Gasteiger partial charge in [-0.05, 0) is 25.0 Å². The molecule has 76 valence electrons. The van der Waals surface area contributed by atoms with Gasteiger partial charge in [0.1, 0.15) is 5.82 Å². The van der Waals surface area contributed by atoms with E-state index in [0.717, 1.165) is 12.1 Å². The topological polar surface area (TPSA) is 69.2 Å². The van der Waals surface area contributed by atoms with Crippen molar-refractivity contribution in [1.29, 1.82) is 0 Å². The molecule has 4 nitrogen and oxygen atoms in total. The van der Waals surface area contributed by atoms with Gasteiger partial charge in [-0.1, -0.05) is 0 Å². The quantitative estimate of drug-likeness (QED) is 0.592. The van der Waals surface area contributed by atoms with Crippen LogP contribution in [0.5, 0.6) is 0 Å². The second-order valence-corrected chi connectivity index (χ2v) is 3.21. The van der Waals surface area contributed by atoms with Gasteiger partial charge in [-0.3, -0.25) is 10.1 Å². The van der Waals surface area contributed by atoms with Crippen molar-refractivity contribution in [2.24, 2.45) is 5.73 Å². The third-order valence-corrected chi connectivity index (χ3v) is 1.78. The molecule has 1 aromatic rings. The molecule has 0 aromatic heterocycles. The fourth-order valence-electron chi connectivity index (χ4n) is 1.18. The first-order chi connectivity index (χ1) is 6.50. The molecular weight excluding hydrogens is 187 g/mol. The van der Waals surface area contributed by atoms with Gasteiger partial charge in [0, 0.05) is 18.2 Å². The molecular formula is C9H11FN2O2. The maximum absolute atomic E-state index is 13.1. The van der Waals surface area contributed by atoms with Crippen molar-refractivity contribution in [1.82, 2.24) is 0 Å². The van der Waals surface area contributed by atoms with Crippen LogP contribution in [0.15, 0.2) is 18.2 Å². The zero-order valence-electron chi connectivity index (χ0n) is 7.74. The average Bonchev–Trinajstić information content (AvgIpc) is 2.07. The Hall–Kier alpha value is -1.49. The normalized spacial score (nSPS) is 12.5. The second-order valence-electron chi connectivity index (χ2n) is 3.21. The van der Waals surface area contributed by atoms with Crippen molar-refractivity contribution in [2.75, 3.05) is 0 Å². The van der Waals surface area contributed by atoms with E-state index in [2.05, 4.69) is 0 Å². The summed E-state index contributed by atoms with van der Waals surface area (Å²) in [5.74, 6) is -0.451. The molecule has 0 saturated carbocycles. The highest BCUT2D eigenvalue weighted by Crippen LogP contribution is 2.17.